The summed E-state index contributed by atoms with van der Waals surface area (Å²) in [7, 11) is 1.47. The van der Waals surface area contributed by atoms with Crippen molar-refractivity contribution in [2.45, 2.75) is 25.8 Å². The van der Waals surface area contributed by atoms with Gasteiger partial charge in [-0.05, 0) is 19.8 Å². The summed E-state index contributed by atoms with van der Waals surface area (Å²) in [4.78, 5) is 32.5. The van der Waals surface area contributed by atoms with Gasteiger partial charge in [0.15, 0.2) is 0 Å². The molecule has 2 amide bonds. The minimum Gasteiger partial charge on any atom is -0.481 e. The maximum absolute atomic E-state index is 12.1. The lowest BCUT2D eigenvalue weighted by Crippen LogP contribution is -2.43. The molecule has 0 bridgehead atoms. The number of nitrogens with zero attached hydrogens (tertiary/aromatic N) is 3. The third kappa shape index (κ3) is 2.95. The molecule has 2 heterocycles. The van der Waals surface area contributed by atoms with Crippen LogP contribution in [0.5, 0.6) is 5.88 Å². The Kier molecular flexibility index (Phi) is 4.02. The van der Waals surface area contributed by atoms with E-state index in [9.17, 15) is 9.59 Å². The molecule has 2 N–H and O–H groups in total. The Morgan fingerprint density at radius 3 is 2.90 bits per heavy atom. The summed E-state index contributed by atoms with van der Waals surface area (Å²) in [6, 6.07) is 0.329. The van der Waals surface area contributed by atoms with E-state index in [1.165, 1.54) is 12.0 Å². The van der Waals surface area contributed by atoms with Gasteiger partial charge in [0.1, 0.15) is 6.04 Å². The van der Waals surface area contributed by atoms with Gasteiger partial charge >= 0.3 is 12.0 Å². The molecule has 1 aliphatic rings. The van der Waals surface area contributed by atoms with Gasteiger partial charge in [-0.3, -0.25) is 5.32 Å². The fourth-order valence-electron chi connectivity index (χ4n) is 2.13. The van der Waals surface area contributed by atoms with Gasteiger partial charge in [0.25, 0.3) is 0 Å². The molecule has 0 aromatic carbocycles. The van der Waals surface area contributed by atoms with Crippen LogP contribution in [-0.2, 0) is 4.79 Å². The van der Waals surface area contributed by atoms with E-state index in [1.54, 1.807) is 13.0 Å². The molecule has 8 nitrogen and oxygen atoms in total. The molecule has 20 heavy (non-hydrogen) atoms. The maximum atomic E-state index is 12.1. The normalized spacial score (nSPS) is 17.9. The molecule has 1 aromatic rings. The van der Waals surface area contributed by atoms with Gasteiger partial charge in [0.2, 0.25) is 11.8 Å². The van der Waals surface area contributed by atoms with Crippen molar-refractivity contribution in [1.29, 1.82) is 0 Å². The SMILES string of the molecule is COc1cc(C)nc(NC(=O)N2CCC[C@H]2C(=O)O)n1. The minimum atomic E-state index is -1.000. The van der Waals surface area contributed by atoms with Gasteiger partial charge < -0.3 is 14.7 Å². The largest absolute Gasteiger partial charge is 0.481 e. The van der Waals surface area contributed by atoms with E-state index >= 15 is 0 Å². The average molecular weight is 280 g/mol. The molecule has 108 valence electrons. The van der Waals surface area contributed by atoms with Gasteiger partial charge in [-0.25, -0.2) is 14.6 Å². The molecule has 1 fully saturated rings. The van der Waals surface area contributed by atoms with Gasteiger partial charge in [-0.15, -0.1) is 0 Å². The number of likely N-dealkylation sites (tertiary alicyclic amines) is 1. The summed E-state index contributed by atoms with van der Waals surface area (Å²) in [6.07, 6.45) is 1.13. The van der Waals surface area contributed by atoms with Crippen molar-refractivity contribution in [2.75, 3.05) is 19.0 Å². The molecule has 1 aromatic heterocycles. The highest BCUT2D eigenvalue weighted by Crippen LogP contribution is 2.19. The first kappa shape index (κ1) is 14.0. The number of anilines is 1. The third-order valence-corrected chi connectivity index (χ3v) is 3.06. The van der Waals surface area contributed by atoms with Crippen molar-refractivity contribution in [1.82, 2.24) is 14.9 Å². The van der Waals surface area contributed by atoms with Crippen LogP contribution in [0.15, 0.2) is 6.07 Å². The molecule has 1 atom stereocenters. The molecule has 0 spiro atoms. The van der Waals surface area contributed by atoms with Crippen molar-refractivity contribution in [3.8, 4) is 5.88 Å². The Hall–Kier alpha value is -2.38. The number of carboxylic acids is 1. The highest BCUT2D eigenvalue weighted by atomic mass is 16.5. The van der Waals surface area contributed by atoms with Gasteiger partial charge in [0, 0.05) is 18.3 Å². The lowest BCUT2D eigenvalue weighted by Gasteiger charge is -2.21. The van der Waals surface area contributed by atoms with Crippen molar-refractivity contribution in [3.05, 3.63) is 11.8 Å². The molecule has 0 unspecified atom stereocenters. The number of rotatable bonds is 3. The number of hydrogen-bond acceptors (Lipinski definition) is 5. The Morgan fingerprint density at radius 2 is 2.25 bits per heavy atom. The first-order valence-electron chi connectivity index (χ1n) is 6.21. The van der Waals surface area contributed by atoms with E-state index in [1.807, 2.05) is 0 Å². The zero-order valence-electron chi connectivity index (χ0n) is 11.3. The quantitative estimate of drug-likeness (QED) is 0.851. The molecule has 2 rings (SSSR count). The van der Waals surface area contributed by atoms with Crippen LogP contribution in [0, 0.1) is 6.92 Å². The number of carboxylic acid groups (broad SMARTS) is 1. The monoisotopic (exact) mass is 280 g/mol. The molecular weight excluding hydrogens is 264 g/mol. The van der Waals surface area contributed by atoms with E-state index in [2.05, 4.69) is 15.3 Å². The second-order valence-electron chi connectivity index (χ2n) is 4.50. The number of hydrogen-bond donors (Lipinski definition) is 2. The van der Waals surface area contributed by atoms with E-state index in [0.717, 1.165) is 0 Å². The number of carbonyl (C=O) groups is 2. The third-order valence-electron chi connectivity index (χ3n) is 3.06. The second kappa shape index (κ2) is 5.72. The summed E-state index contributed by atoms with van der Waals surface area (Å²) >= 11 is 0. The number of methoxy groups -OCH3 is 1. The van der Waals surface area contributed by atoms with Crippen LogP contribution < -0.4 is 10.1 Å². The number of urea groups is 1. The smallest absolute Gasteiger partial charge is 0.326 e. The number of aliphatic carboxylic acids is 1. The predicted octanol–water partition coefficient (Wildman–Crippen LogP) is 0.875. The van der Waals surface area contributed by atoms with Crippen LogP contribution in [0.25, 0.3) is 0 Å². The van der Waals surface area contributed by atoms with Crippen molar-refractivity contribution >= 4 is 17.9 Å². The Balaban J connectivity index is 2.11. The van der Waals surface area contributed by atoms with Crippen molar-refractivity contribution in [2.24, 2.45) is 0 Å². The zero-order valence-corrected chi connectivity index (χ0v) is 11.3. The molecular formula is C12H16N4O4. The molecule has 1 aliphatic heterocycles. The molecule has 0 saturated carbocycles. The Bertz CT molecular complexity index is 534. The number of aromatic nitrogens is 2. The van der Waals surface area contributed by atoms with Crippen LogP contribution in [-0.4, -0.2) is 51.7 Å². The topological polar surface area (TPSA) is 105 Å². The predicted molar refractivity (Wildman–Crippen MR) is 69.7 cm³/mol. The van der Waals surface area contributed by atoms with Crippen LogP contribution in [0.4, 0.5) is 10.7 Å². The summed E-state index contributed by atoms with van der Waals surface area (Å²) < 4.78 is 4.99. The molecule has 8 heteroatoms. The minimum absolute atomic E-state index is 0.0999. The van der Waals surface area contributed by atoms with Gasteiger partial charge in [-0.2, -0.15) is 4.98 Å². The Morgan fingerprint density at radius 1 is 1.50 bits per heavy atom. The van der Waals surface area contributed by atoms with Crippen molar-refractivity contribution < 1.29 is 19.4 Å². The van der Waals surface area contributed by atoms with Crippen LogP contribution in [0.2, 0.25) is 0 Å². The van der Waals surface area contributed by atoms with E-state index in [4.69, 9.17) is 9.84 Å². The fourth-order valence-corrected chi connectivity index (χ4v) is 2.13. The number of amides is 2. The number of aryl methyl sites for hydroxylation is 1. The standard InChI is InChI=1S/C12H16N4O4/c1-7-6-9(20-2)14-11(13-7)15-12(19)16-5-3-4-8(16)10(17)18/h6,8H,3-5H2,1-2H3,(H,17,18)(H,13,14,15,19)/t8-/m0/s1. The van der Waals surface area contributed by atoms with E-state index < -0.39 is 18.0 Å². The van der Waals surface area contributed by atoms with Crippen LogP contribution in [0.1, 0.15) is 18.5 Å². The first-order valence-corrected chi connectivity index (χ1v) is 6.21. The van der Waals surface area contributed by atoms with E-state index in [-0.39, 0.29) is 5.95 Å². The molecule has 1 saturated heterocycles. The fraction of sp³-hybridized carbons (Fsp3) is 0.500. The summed E-state index contributed by atoms with van der Waals surface area (Å²) in [6.45, 7) is 2.15. The summed E-state index contributed by atoms with van der Waals surface area (Å²) in [5, 5.41) is 11.6. The first-order chi connectivity index (χ1) is 9.51. The molecule has 0 aliphatic carbocycles. The van der Waals surface area contributed by atoms with Crippen molar-refractivity contribution in [3.63, 3.8) is 0 Å². The van der Waals surface area contributed by atoms with Gasteiger partial charge in [-0.1, -0.05) is 0 Å². The van der Waals surface area contributed by atoms with Gasteiger partial charge in [0.05, 0.1) is 7.11 Å². The highest BCUT2D eigenvalue weighted by Gasteiger charge is 2.34. The average Bonchev–Trinajstić information content (AvgIpc) is 2.87. The molecule has 0 radical (unpaired) electrons. The lowest BCUT2D eigenvalue weighted by molar-refractivity contribution is -0.141. The van der Waals surface area contributed by atoms with Crippen LogP contribution >= 0.6 is 0 Å². The number of ether oxygens (including phenoxy) is 1. The number of carbonyl (C=O) groups excluding carboxylic acids is 1. The second-order valence-corrected chi connectivity index (χ2v) is 4.50. The van der Waals surface area contributed by atoms with Crippen LogP contribution in [0.3, 0.4) is 0 Å². The lowest BCUT2D eigenvalue weighted by atomic mass is 10.2. The highest BCUT2D eigenvalue weighted by molar-refractivity contribution is 5.91. The summed E-state index contributed by atoms with van der Waals surface area (Å²) in [5.74, 6) is -0.563. The number of nitrogens with one attached hydrogen (secondary N) is 1. The van der Waals surface area contributed by atoms with E-state index in [0.29, 0.717) is 31.0 Å². The maximum Gasteiger partial charge on any atom is 0.326 e. The zero-order chi connectivity index (χ0) is 14.7. The Labute approximate surface area is 115 Å². The summed E-state index contributed by atoms with van der Waals surface area (Å²) in [5.41, 5.74) is 0.642.